The number of halogens is 1. The number of methoxy groups -OCH3 is 1. The zero-order chi connectivity index (χ0) is 12.0. The van der Waals surface area contributed by atoms with Gasteiger partial charge in [-0.3, -0.25) is 4.79 Å². The summed E-state index contributed by atoms with van der Waals surface area (Å²) in [5.74, 6) is 3.03. The Morgan fingerprint density at radius 2 is 2.00 bits per heavy atom. The van der Waals surface area contributed by atoms with Gasteiger partial charge >= 0.3 is 0 Å². The number of Topliss-reactive ketones (excluding diaryl/α,β-unsaturated/α-hetero) is 1. The normalized spacial score (nSPS) is 29.9. The molecule has 0 aliphatic heterocycles. The van der Waals surface area contributed by atoms with Gasteiger partial charge in [-0.1, -0.05) is 0 Å². The molecular formula is C14H15BrO2. The summed E-state index contributed by atoms with van der Waals surface area (Å²) in [5, 5.41) is 0. The van der Waals surface area contributed by atoms with E-state index in [1.54, 1.807) is 7.11 Å². The van der Waals surface area contributed by atoms with Crippen LogP contribution in [0.15, 0.2) is 22.7 Å². The Kier molecular flexibility index (Phi) is 2.74. The van der Waals surface area contributed by atoms with Crippen LogP contribution in [0, 0.1) is 17.8 Å². The first-order valence-corrected chi connectivity index (χ1v) is 6.86. The molecule has 2 aliphatic carbocycles. The lowest BCUT2D eigenvalue weighted by molar-refractivity contribution is 0.0913. The van der Waals surface area contributed by atoms with Crippen LogP contribution in [0.1, 0.15) is 29.6 Å². The highest BCUT2D eigenvalue weighted by molar-refractivity contribution is 9.10. The molecule has 2 nitrogen and oxygen atoms in total. The molecule has 2 fully saturated rings. The minimum absolute atomic E-state index is 0.253. The Bertz CT molecular complexity index is 459. The van der Waals surface area contributed by atoms with Crippen molar-refractivity contribution in [2.24, 2.45) is 17.8 Å². The van der Waals surface area contributed by atoms with E-state index in [4.69, 9.17) is 4.74 Å². The van der Waals surface area contributed by atoms with E-state index < -0.39 is 0 Å². The fraction of sp³-hybridized carbons (Fsp3) is 0.500. The molecule has 0 amide bonds. The van der Waals surface area contributed by atoms with E-state index in [0.29, 0.717) is 5.78 Å². The van der Waals surface area contributed by atoms with Crippen LogP contribution in [0.25, 0.3) is 0 Å². The van der Waals surface area contributed by atoms with E-state index >= 15 is 0 Å². The van der Waals surface area contributed by atoms with Gasteiger partial charge < -0.3 is 4.74 Å². The molecule has 3 heteroatoms. The second-order valence-corrected chi connectivity index (χ2v) is 5.99. The maximum absolute atomic E-state index is 12.4. The van der Waals surface area contributed by atoms with E-state index in [1.165, 1.54) is 6.42 Å². The molecule has 0 bridgehead atoms. The Morgan fingerprint density at radius 3 is 2.59 bits per heavy atom. The molecule has 3 rings (SSSR count). The monoisotopic (exact) mass is 294 g/mol. The quantitative estimate of drug-likeness (QED) is 0.795. The van der Waals surface area contributed by atoms with Crippen LogP contribution < -0.4 is 4.74 Å². The first-order valence-electron chi connectivity index (χ1n) is 6.07. The highest BCUT2D eigenvalue weighted by atomic mass is 79.9. The summed E-state index contributed by atoms with van der Waals surface area (Å²) in [6.07, 6.45) is 3.55. The van der Waals surface area contributed by atoms with Crippen molar-refractivity contribution < 1.29 is 9.53 Å². The molecule has 0 heterocycles. The summed E-state index contributed by atoms with van der Waals surface area (Å²) in [7, 11) is 1.63. The first kappa shape index (κ1) is 11.3. The van der Waals surface area contributed by atoms with Crippen molar-refractivity contribution in [1.29, 1.82) is 0 Å². The van der Waals surface area contributed by atoms with Gasteiger partial charge in [0.2, 0.25) is 0 Å². The second kappa shape index (κ2) is 4.13. The lowest BCUT2D eigenvalue weighted by atomic mass is 9.93. The SMILES string of the molecule is COc1ccc(C(=O)C2CC3CC3C2)c(Br)c1. The molecule has 0 spiro atoms. The third kappa shape index (κ3) is 2.01. The predicted molar refractivity (Wildman–Crippen MR) is 69.3 cm³/mol. The number of hydrogen-bond donors (Lipinski definition) is 0. The standard InChI is InChI=1S/C14H15BrO2/c1-17-11-2-3-12(13(15)7-11)14(16)10-5-8-4-9(8)6-10/h2-3,7-10H,4-6H2,1H3. The third-order valence-electron chi connectivity index (χ3n) is 4.06. The van der Waals surface area contributed by atoms with Crippen LogP contribution in [0.4, 0.5) is 0 Å². The van der Waals surface area contributed by atoms with Crippen LogP contribution in [0.2, 0.25) is 0 Å². The van der Waals surface area contributed by atoms with Gasteiger partial charge in [-0.05, 0) is 65.2 Å². The van der Waals surface area contributed by atoms with Crippen LogP contribution >= 0.6 is 15.9 Å². The number of fused-ring (bicyclic) bond motifs is 1. The predicted octanol–water partition coefficient (Wildman–Crippen LogP) is 3.69. The molecule has 2 atom stereocenters. The van der Waals surface area contributed by atoms with E-state index in [-0.39, 0.29) is 5.92 Å². The summed E-state index contributed by atoms with van der Waals surface area (Å²) >= 11 is 3.46. The summed E-state index contributed by atoms with van der Waals surface area (Å²) in [4.78, 5) is 12.4. The minimum atomic E-state index is 0.253. The fourth-order valence-electron chi connectivity index (χ4n) is 2.97. The molecule has 0 N–H and O–H groups in total. The van der Waals surface area contributed by atoms with Crippen molar-refractivity contribution in [2.45, 2.75) is 19.3 Å². The van der Waals surface area contributed by atoms with Crippen molar-refractivity contribution in [1.82, 2.24) is 0 Å². The van der Waals surface area contributed by atoms with Crippen molar-refractivity contribution in [3.63, 3.8) is 0 Å². The molecule has 2 saturated carbocycles. The molecule has 90 valence electrons. The van der Waals surface area contributed by atoms with Gasteiger partial charge in [0.15, 0.2) is 5.78 Å². The largest absolute Gasteiger partial charge is 0.497 e. The van der Waals surface area contributed by atoms with Crippen molar-refractivity contribution in [3.05, 3.63) is 28.2 Å². The lowest BCUT2D eigenvalue weighted by Crippen LogP contribution is -2.13. The zero-order valence-electron chi connectivity index (χ0n) is 9.78. The molecule has 0 saturated heterocycles. The molecule has 0 aromatic heterocycles. The van der Waals surface area contributed by atoms with Crippen molar-refractivity contribution in [2.75, 3.05) is 7.11 Å². The van der Waals surface area contributed by atoms with Crippen LogP contribution in [-0.4, -0.2) is 12.9 Å². The van der Waals surface area contributed by atoms with E-state index in [0.717, 1.165) is 40.5 Å². The number of rotatable bonds is 3. The number of ether oxygens (including phenoxy) is 1. The van der Waals surface area contributed by atoms with Gasteiger partial charge in [0, 0.05) is 16.0 Å². The van der Waals surface area contributed by atoms with Gasteiger partial charge in [0.1, 0.15) is 5.75 Å². The van der Waals surface area contributed by atoms with E-state index in [2.05, 4.69) is 15.9 Å². The molecule has 1 aromatic rings. The first-order chi connectivity index (χ1) is 8.19. The van der Waals surface area contributed by atoms with Crippen molar-refractivity contribution in [3.8, 4) is 5.75 Å². The highest BCUT2D eigenvalue weighted by Gasteiger charge is 2.48. The van der Waals surface area contributed by atoms with E-state index in [1.807, 2.05) is 18.2 Å². The zero-order valence-corrected chi connectivity index (χ0v) is 11.4. The van der Waals surface area contributed by atoms with Gasteiger partial charge in [-0.15, -0.1) is 0 Å². The van der Waals surface area contributed by atoms with Gasteiger partial charge in [0.05, 0.1) is 7.11 Å². The third-order valence-corrected chi connectivity index (χ3v) is 4.71. The van der Waals surface area contributed by atoms with Crippen LogP contribution in [0.3, 0.4) is 0 Å². The number of hydrogen-bond acceptors (Lipinski definition) is 2. The Hall–Kier alpha value is -0.830. The average Bonchev–Trinajstić information content (AvgIpc) is 2.95. The number of carbonyl (C=O) groups excluding carboxylic acids is 1. The lowest BCUT2D eigenvalue weighted by Gasteiger charge is -2.12. The Morgan fingerprint density at radius 1 is 1.29 bits per heavy atom. The number of ketones is 1. The molecule has 2 aliphatic rings. The molecule has 1 aromatic carbocycles. The maximum Gasteiger partial charge on any atom is 0.167 e. The highest BCUT2D eigenvalue weighted by Crippen LogP contribution is 2.55. The van der Waals surface area contributed by atoms with Gasteiger partial charge in [-0.2, -0.15) is 0 Å². The van der Waals surface area contributed by atoms with E-state index in [9.17, 15) is 4.79 Å². The summed E-state index contributed by atoms with van der Waals surface area (Å²) in [6.45, 7) is 0. The van der Waals surface area contributed by atoms with Gasteiger partial charge in [0.25, 0.3) is 0 Å². The second-order valence-electron chi connectivity index (χ2n) is 5.13. The molecular weight excluding hydrogens is 280 g/mol. The minimum Gasteiger partial charge on any atom is -0.497 e. The smallest absolute Gasteiger partial charge is 0.167 e. The Balaban J connectivity index is 1.81. The molecule has 0 radical (unpaired) electrons. The average molecular weight is 295 g/mol. The van der Waals surface area contributed by atoms with Crippen molar-refractivity contribution >= 4 is 21.7 Å². The number of benzene rings is 1. The molecule has 2 unspecified atom stereocenters. The Labute approximate surface area is 109 Å². The van der Waals surface area contributed by atoms with Crippen LogP contribution in [0.5, 0.6) is 5.75 Å². The van der Waals surface area contributed by atoms with Gasteiger partial charge in [-0.25, -0.2) is 0 Å². The fourth-order valence-corrected chi connectivity index (χ4v) is 3.52. The maximum atomic E-state index is 12.4. The summed E-state index contributed by atoms with van der Waals surface area (Å²) in [6, 6.07) is 5.59. The topological polar surface area (TPSA) is 26.3 Å². The summed E-state index contributed by atoms with van der Waals surface area (Å²) < 4.78 is 5.99. The number of carbonyl (C=O) groups is 1. The van der Waals surface area contributed by atoms with Crippen LogP contribution in [-0.2, 0) is 0 Å². The molecule has 17 heavy (non-hydrogen) atoms. The summed E-state index contributed by atoms with van der Waals surface area (Å²) in [5.41, 5.74) is 0.803.